The fraction of sp³-hybridized carbons (Fsp3) is 0.947. The van der Waals surface area contributed by atoms with Crippen molar-refractivity contribution in [3.05, 3.63) is 0 Å². The van der Waals surface area contributed by atoms with Crippen LogP contribution >= 0.6 is 0 Å². The molecule has 0 bridgehead atoms. The maximum Gasteiger partial charge on any atom is 0.222 e. The van der Waals surface area contributed by atoms with Crippen molar-refractivity contribution < 1.29 is 4.79 Å². The summed E-state index contributed by atoms with van der Waals surface area (Å²) in [7, 11) is 0. The van der Waals surface area contributed by atoms with Gasteiger partial charge >= 0.3 is 0 Å². The van der Waals surface area contributed by atoms with Gasteiger partial charge in [0.2, 0.25) is 5.91 Å². The predicted octanol–water partition coefficient (Wildman–Crippen LogP) is 4.17. The van der Waals surface area contributed by atoms with Crippen LogP contribution in [-0.2, 0) is 4.79 Å². The zero-order valence-electron chi connectivity index (χ0n) is 15.9. The fourth-order valence-corrected chi connectivity index (χ4v) is 3.09. The van der Waals surface area contributed by atoms with E-state index in [-0.39, 0.29) is 0 Å². The van der Waals surface area contributed by atoms with E-state index in [1.54, 1.807) is 0 Å². The SMILES string of the molecule is CC(C)(C)CCCCCC(=O)N1CCN(CC(C)(C)C)CC1. The summed E-state index contributed by atoms with van der Waals surface area (Å²) in [5, 5.41) is 0. The molecule has 1 amide bonds. The Morgan fingerprint density at radius 2 is 1.41 bits per heavy atom. The van der Waals surface area contributed by atoms with Crippen LogP contribution in [0.25, 0.3) is 0 Å². The van der Waals surface area contributed by atoms with Crippen LogP contribution in [-0.4, -0.2) is 48.4 Å². The van der Waals surface area contributed by atoms with E-state index < -0.39 is 0 Å². The molecule has 1 aliphatic rings. The minimum absolute atomic E-state index is 0.346. The van der Waals surface area contributed by atoms with Gasteiger partial charge in [-0.3, -0.25) is 9.69 Å². The summed E-state index contributed by atoms with van der Waals surface area (Å²) in [5.41, 5.74) is 0.770. The number of hydrogen-bond acceptors (Lipinski definition) is 2. The van der Waals surface area contributed by atoms with Crippen molar-refractivity contribution in [2.45, 2.75) is 73.6 Å². The van der Waals surface area contributed by atoms with E-state index in [9.17, 15) is 4.79 Å². The van der Waals surface area contributed by atoms with Gasteiger partial charge in [-0.25, -0.2) is 0 Å². The molecule has 1 aliphatic heterocycles. The third-order valence-corrected chi connectivity index (χ3v) is 4.24. The second-order valence-corrected chi connectivity index (χ2v) is 9.34. The Morgan fingerprint density at radius 3 is 1.91 bits per heavy atom. The minimum Gasteiger partial charge on any atom is -0.340 e. The summed E-state index contributed by atoms with van der Waals surface area (Å²) in [4.78, 5) is 16.8. The maximum absolute atomic E-state index is 12.3. The lowest BCUT2D eigenvalue weighted by Crippen LogP contribution is -2.50. The molecule has 0 aromatic heterocycles. The Bertz CT molecular complexity index is 330. The van der Waals surface area contributed by atoms with Crippen LogP contribution in [0.3, 0.4) is 0 Å². The Hall–Kier alpha value is -0.570. The summed E-state index contributed by atoms with van der Waals surface area (Å²) in [6.45, 7) is 18.7. The summed E-state index contributed by atoms with van der Waals surface area (Å²) in [6.07, 6.45) is 5.48. The van der Waals surface area contributed by atoms with Crippen LogP contribution in [0, 0.1) is 10.8 Å². The second kappa shape index (κ2) is 8.33. The van der Waals surface area contributed by atoms with Gasteiger partial charge < -0.3 is 4.90 Å². The van der Waals surface area contributed by atoms with Gasteiger partial charge in [0.05, 0.1) is 0 Å². The van der Waals surface area contributed by atoms with Gasteiger partial charge in [-0.2, -0.15) is 0 Å². The van der Waals surface area contributed by atoms with Crippen molar-refractivity contribution in [3.63, 3.8) is 0 Å². The van der Waals surface area contributed by atoms with E-state index in [1.165, 1.54) is 19.3 Å². The molecular weight excluding hydrogens is 272 g/mol. The average molecular weight is 311 g/mol. The molecule has 0 aromatic carbocycles. The van der Waals surface area contributed by atoms with E-state index >= 15 is 0 Å². The van der Waals surface area contributed by atoms with E-state index in [1.807, 2.05) is 0 Å². The topological polar surface area (TPSA) is 23.6 Å². The van der Waals surface area contributed by atoms with Crippen LogP contribution in [0.1, 0.15) is 73.6 Å². The Balaban J connectivity index is 2.15. The molecule has 3 heteroatoms. The normalized spacial score (nSPS) is 17.8. The smallest absolute Gasteiger partial charge is 0.222 e. The summed E-state index contributed by atoms with van der Waals surface area (Å²) >= 11 is 0. The molecule has 0 aromatic rings. The van der Waals surface area contributed by atoms with Gasteiger partial charge in [0.15, 0.2) is 0 Å². The van der Waals surface area contributed by atoms with Crippen LogP contribution in [0.15, 0.2) is 0 Å². The fourth-order valence-electron chi connectivity index (χ4n) is 3.09. The first-order chi connectivity index (χ1) is 10.1. The second-order valence-electron chi connectivity index (χ2n) is 9.34. The van der Waals surface area contributed by atoms with Crippen molar-refractivity contribution >= 4 is 5.91 Å². The number of rotatable bonds is 6. The lowest BCUT2D eigenvalue weighted by atomic mass is 9.89. The number of unbranched alkanes of at least 4 members (excludes halogenated alkanes) is 2. The first-order valence-corrected chi connectivity index (χ1v) is 9.07. The number of carbonyl (C=O) groups is 1. The van der Waals surface area contributed by atoms with E-state index in [4.69, 9.17) is 0 Å². The standard InChI is InChI=1S/C19H38N2O/c1-18(2,3)11-9-7-8-10-17(22)21-14-12-20(13-15-21)16-19(4,5)6/h7-16H2,1-6H3. The van der Waals surface area contributed by atoms with Crippen molar-refractivity contribution in [1.29, 1.82) is 0 Å². The van der Waals surface area contributed by atoms with Gasteiger partial charge in [0.1, 0.15) is 0 Å². The Kier molecular flexibility index (Phi) is 7.37. The van der Waals surface area contributed by atoms with Crippen molar-refractivity contribution in [1.82, 2.24) is 9.80 Å². The number of piperazine rings is 1. The molecular formula is C19H38N2O. The van der Waals surface area contributed by atoms with Crippen LogP contribution in [0.5, 0.6) is 0 Å². The zero-order chi connectivity index (χ0) is 16.8. The molecule has 1 fully saturated rings. The number of carbonyl (C=O) groups excluding carboxylic acids is 1. The first kappa shape index (κ1) is 19.5. The predicted molar refractivity (Wildman–Crippen MR) is 95.0 cm³/mol. The van der Waals surface area contributed by atoms with Crippen molar-refractivity contribution in [2.75, 3.05) is 32.7 Å². The molecule has 1 heterocycles. The molecule has 0 atom stereocenters. The molecule has 0 spiro atoms. The summed E-state index contributed by atoms with van der Waals surface area (Å²) in [6, 6.07) is 0. The largest absolute Gasteiger partial charge is 0.340 e. The first-order valence-electron chi connectivity index (χ1n) is 9.07. The molecule has 0 unspecified atom stereocenters. The molecule has 3 nitrogen and oxygen atoms in total. The molecule has 1 saturated heterocycles. The molecule has 1 rings (SSSR count). The van der Waals surface area contributed by atoms with Gasteiger partial charge in [0.25, 0.3) is 0 Å². The van der Waals surface area contributed by atoms with Crippen molar-refractivity contribution in [3.8, 4) is 0 Å². The number of amides is 1. The van der Waals surface area contributed by atoms with Crippen molar-refractivity contribution in [2.24, 2.45) is 10.8 Å². The summed E-state index contributed by atoms with van der Waals surface area (Å²) in [5.74, 6) is 0.367. The van der Waals surface area contributed by atoms with Gasteiger partial charge in [0, 0.05) is 39.1 Å². The highest BCUT2D eigenvalue weighted by Crippen LogP contribution is 2.22. The van der Waals surface area contributed by atoms with Crippen LogP contribution in [0.2, 0.25) is 0 Å². The lowest BCUT2D eigenvalue weighted by Gasteiger charge is -2.37. The average Bonchev–Trinajstić information content (AvgIpc) is 2.35. The highest BCUT2D eigenvalue weighted by Gasteiger charge is 2.23. The van der Waals surface area contributed by atoms with Crippen LogP contribution in [0.4, 0.5) is 0 Å². The number of hydrogen-bond donors (Lipinski definition) is 0. The van der Waals surface area contributed by atoms with E-state index in [0.29, 0.717) is 16.7 Å². The third kappa shape index (κ3) is 8.77. The highest BCUT2D eigenvalue weighted by molar-refractivity contribution is 5.76. The van der Waals surface area contributed by atoms with Gasteiger partial charge in [-0.05, 0) is 23.7 Å². The molecule has 0 radical (unpaired) electrons. The quantitative estimate of drug-likeness (QED) is 0.687. The van der Waals surface area contributed by atoms with E-state index in [0.717, 1.165) is 45.6 Å². The van der Waals surface area contributed by atoms with Gasteiger partial charge in [-0.1, -0.05) is 54.4 Å². The summed E-state index contributed by atoms with van der Waals surface area (Å²) < 4.78 is 0. The maximum atomic E-state index is 12.3. The number of nitrogens with zero attached hydrogens (tertiary/aromatic N) is 2. The Morgan fingerprint density at radius 1 is 0.818 bits per heavy atom. The monoisotopic (exact) mass is 310 g/mol. The molecule has 0 N–H and O–H groups in total. The lowest BCUT2D eigenvalue weighted by molar-refractivity contribution is -0.133. The van der Waals surface area contributed by atoms with Crippen LogP contribution < -0.4 is 0 Å². The van der Waals surface area contributed by atoms with E-state index in [2.05, 4.69) is 51.3 Å². The molecule has 0 saturated carbocycles. The molecule has 130 valence electrons. The molecule has 22 heavy (non-hydrogen) atoms. The third-order valence-electron chi connectivity index (χ3n) is 4.24. The Labute approximate surface area is 138 Å². The highest BCUT2D eigenvalue weighted by atomic mass is 16.2. The van der Waals surface area contributed by atoms with Gasteiger partial charge in [-0.15, -0.1) is 0 Å². The molecule has 0 aliphatic carbocycles. The zero-order valence-corrected chi connectivity index (χ0v) is 15.9. The minimum atomic E-state index is 0.346.